The van der Waals surface area contributed by atoms with E-state index >= 15 is 0 Å². The summed E-state index contributed by atoms with van der Waals surface area (Å²) in [6.45, 7) is 14.0. The fraction of sp³-hybridized carbons (Fsp3) is 0.550. The summed E-state index contributed by atoms with van der Waals surface area (Å²) in [7, 11) is 0. The number of nitrogens with zero attached hydrogens (tertiary/aromatic N) is 6. The molecule has 0 saturated carbocycles. The molecule has 3 aromatic rings. The molecule has 0 amide bonds. The van der Waals surface area contributed by atoms with Crippen LogP contribution in [0.3, 0.4) is 0 Å². The predicted molar refractivity (Wildman–Crippen MR) is 106 cm³/mol. The Labute approximate surface area is 155 Å². The molecule has 3 rings (SSSR count). The Hall–Kier alpha value is -2.37. The van der Waals surface area contributed by atoms with Gasteiger partial charge in [-0.15, -0.1) is 10.2 Å². The van der Waals surface area contributed by atoms with E-state index in [-0.39, 0.29) is 0 Å². The highest BCUT2D eigenvalue weighted by molar-refractivity contribution is 5.40. The van der Waals surface area contributed by atoms with Gasteiger partial charge in [0.05, 0.1) is 12.1 Å². The lowest BCUT2D eigenvalue weighted by atomic mass is 10.2. The highest BCUT2D eigenvalue weighted by Gasteiger charge is 2.19. The van der Waals surface area contributed by atoms with Gasteiger partial charge in [-0.05, 0) is 30.9 Å². The molecule has 0 atom stereocenters. The first-order valence-electron chi connectivity index (χ1n) is 9.57. The summed E-state index contributed by atoms with van der Waals surface area (Å²) in [6.07, 6.45) is 4.80. The van der Waals surface area contributed by atoms with Gasteiger partial charge in [-0.25, -0.2) is 4.98 Å². The van der Waals surface area contributed by atoms with Crippen LogP contribution in [0.5, 0.6) is 0 Å². The first kappa shape index (κ1) is 18.4. The van der Waals surface area contributed by atoms with Crippen molar-refractivity contribution in [3.05, 3.63) is 42.1 Å². The summed E-state index contributed by atoms with van der Waals surface area (Å²) < 4.78 is 4.33. The van der Waals surface area contributed by atoms with Crippen LogP contribution in [0.1, 0.15) is 46.1 Å². The first-order chi connectivity index (χ1) is 12.5. The number of hydrogen-bond donors (Lipinski definition) is 0. The van der Waals surface area contributed by atoms with Crippen molar-refractivity contribution in [3.8, 4) is 0 Å². The Morgan fingerprint density at radius 3 is 2.54 bits per heavy atom. The molecule has 0 aromatic carbocycles. The van der Waals surface area contributed by atoms with Crippen molar-refractivity contribution >= 4 is 11.6 Å². The van der Waals surface area contributed by atoms with E-state index in [1.54, 1.807) is 0 Å². The SMILES string of the molecule is CCN(CC(C)C)c1nnc(Cc2cn3ccccc3n2)n1CC(C)C. The number of hydrogen-bond acceptors (Lipinski definition) is 4. The minimum absolute atomic E-state index is 0.530. The Bertz CT molecular complexity index is 812. The molecule has 140 valence electrons. The zero-order valence-corrected chi connectivity index (χ0v) is 16.6. The number of rotatable bonds is 8. The van der Waals surface area contributed by atoms with E-state index in [2.05, 4.69) is 64.9 Å². The maximum Gasteiger partial charge on any atom is 0.227 e. The molecular weight excluding hydrogens is 324 g/mol. The van der Waals surface area contributed by atoms with Gasteiger partial charge in [-0.1, -0.05) is 33.8 Å². The van der Waals surface area contributed by atoms with Crippen molar-refractivity contribution in [1.82, 2.24) is 24.1 Å². The normalized spacial score (nSPS) is 11.8. The van der Waals surface area contributed by atoms with Crippen LogP contribution in [0.25, 0.3) is 5.65 Å². The third kappa shape index (κ3) is 4.06. The summed E-state index contributed by atoms with van der Waals surface area (Å²) in [5.74, 6) is 3.08. The molecule has 0 saturated heterocycles. The van der Waals surface area contributed by atoms with Crippen molar-refractivity contribution in [1.29, 1.82) is 0 Å². The maximum absolute atomic E-state index is 4.72. The molecule has 0 N–H and O–H groups in total. The molecule has 0 aliphatic heterocycles. The van der Waals surface area contributed by atoms with Crippen LogP contribution in [0, 0.1) is 11.8 Å². The topological polar surface area (TPSA) is 51.3 Å². The average Bonchev–Trinajstić information content (AvgIpc) is 3.16. The van der Waals surface area contributed by atoms with Gasteiger partial charge < -0.3 is 9.30 Å². The van der Waals surface area contributed by atoms with E-state index in [0.29, 0.717) is 18.3 Å². The van der Waals surface area contributed by atoms with E-state index in [1.165, 1.54) is 0 Å². The Balaban J connectivity index is 1.92. The van der Waals surface area contributed by atoms with Gasteiger partial charge in [-0.3, -0.25) is 4.57 Å². The van der Waals surface area contributed by atoms with Gasteiger partial charge in [-0.2, -0.15) is 0 Å². The Kier molecular flexibility index (Phi) is 5.59. The van der Waals surface area contributed by atoms with E-state index < -0.39 is 0 Å². The molecular formula is C20H30N6. The molecule has 26 heavy (non-hydrogen) atoms. The lowest BCUT2D eigenvalue weighted by molar-refractivity contribution is 0.499. The smallest absolute Gasteiger partial charge is 0.227 e. The fourth-order valence-corrected chi connectivity index (χ4v) is 3.27. The Morgan fingerprint density at radius 1 is 1.08 bits per heavy atom. The molecule has 0 spiro atoms. The number of anilines is 1. The van der Waals surface area contributed by atoms with Crippen LogP contribution in [0.2, 0.25) is 0 Å². The molecule has 0 aliphatic rings. The molecule has 3 heterocycles. The highest BCUT2D eigenvalue weighted by atomic mass is 15.4. The largest absolute Gasteiger partial charge is 0.341 e. The zero-order valence-electron chi connectivity index (χ0n) is 16.6. The summed E-state index contributed by atoms with van der Waals surface area (Å²) >= 11 is 0. The molecule has 0 radical (unpaired) electrons. The molecule has 0 bridgehead atoms. The van der Waals surface area contributed by atoms with Crippen LogP contribution in [-0.4, -0.2) is 37.2 Å². The van der Waals surface area contributed by atoms with Gasteiger partial charge in [0.15, 0.2) is 0 Å². The van der Waals surface area contributed by atoms with Gasteiger partial charge in [0.2, 0.25) is 5.95 Å². The third-order valence-electron chi connectivity index (χ3n) is 4.36. The summed E-state index contributed by atoms with van der Waals surface area (Å²) in [6, 6.07) is 6.05. The minimum Gasteiger partial charge on any atom is -0.341 e. The van der Waals surface area contributed by atoms with Gasteiger partial charge in [0, 0.05) is 32.0 Å². The number of aromatic nitrogens is 5. The minimum atomic E-state index is 0.530. The first-order valence-corrected chi connectivity index (χ1v) is 9.57. The number of fused-ring (bicyclic) bond motifs is 1. The molecule has 0 aliphatic carbocycles. The number of pyridine rings is 1. The molecule has 0 fully saturated rings. The van der Waals surface area contributed by atoms with Crippen molar-refractivity contribution in [3.63, 3.8) is 0 Å². The second-order valence-electron chi connectivity index (χ2n) is 7.73. The van der Waals surface area contributed by atoms with Crippen molar-refractivity contribution in [2.45, 2.75) is 47.6 Å². The second kappa shape index (κ2) is 7.89. The van der Waals surface area contributed by atoms with Crippen LogP contribution in [0.4, 0.5) is 5.95 Å². The highest BCUT2D eigenvalue weighted by Crippen LogP contribution is 2.19. The third-order valence-corrected chi connectivity index (χ3v) is 4.36. The molecule has 0 unspecified atom stereocenters. The van der Waals surface area contributed by atoms with Crippen molar-refractivity contribution in [2.75, 3.05) is 18.0 Å². The molecule has 6 heteroatoms. The van der Waals surface area contributed by atoms with Crippen molar-refractivity contribution in [2.24, 2.45) is 11.8 Å². The van der Waals surface area contributed by atoms with Gasteiger partial charge >= 0.3 is 0 Å². The van der Waals surface area contributed by atoms with E-state index in [4.69, 9.17) is 4.98 Å². The van der Waals surface area contributed by atoms with Crippen molar-refractivity contribution < 1.29 is 0 Å². The standard InChI is InChI=1S/C20H30N6/c1-6-24(12-15(2)3)20-23-22-19(26(20)13-16(4)5)11-17-14-25-10-8-7-9-18(25)21-17/h7-10,14-16H,6,11-13H2,1-5H3. The van der Waals surface area contributed by atoms with Gasteiger partial charge in [0.1, 0.15) is 11.5 Å². The van der Waals surface area contributed by atoms with E-state index in [9.17, 15) is 0 Å². The van der Waals surface area contributed by atoms with Crippen LogP contribution < -0.4 is 4.90 Å². The van der Waals surface area contributed by atoms with Gasteiger partial charge in [0.25, 0.3) is 0 Å². The summed E-state index contributed by atoms with van der Waals surface area (Å²) in [5.41, 5.74) is 1.99. The monoisotopic (exact) mass is 354 g/mol. The quantitative estimate of drug-likeness (QED) is 0.619. The Morgan fingerprint density at radius 2 is 1.88 bits per heavy atom. The zero-order chi connectivity index (χ0) is 18.7. The van der Waals surface area contributed by atoms with Crippen LogP contribution in [-0.2, 0) is 13.0 Å². The average molecular weight is 355 g/mol. The summed E-state index contributed by atoms with van der Waals surface area (Å²) in [4.78, 5) is 7.05. The van der Waals surface area contributed by atoms with Crippen LogP contribution in [0.15, 0.2) is 30.6 Å². The van der Waals surface area contributed by atoms with E-state index in [0.717, 1.165) is 42.7 Å². The fourth-order valence-electron chi connectivity index (χ4n) is 3.27. The summed E-state index contributed by atoms with van der Waals surface area (Å²) in [5, 5.41) is 9.08. The predicted octanol–water partition coefficient (Wildman–Crippen LogP) is 3.65. The lowest BCUT2D eigenvalue weighted by Crippen LogP contribution is -2.30. The van der Waals surface area contributed by atoms with Crippen LogP contribution >= 0.6 is 0 Å². The maximum atomic E-state index is 4.72. The lowest BCUT2D eigenvalue weighted by Gasteiger charge is -2.25. The molecule has 3 aromatic heterocycles. The van der Waals surface area contributed by atoms with E-state index in [1.807, 2.05) is 24.4 Å². The second-order valence-corrected chi connectivity index (χ2v) is 7.73. The molecule has 6 nitrogen and oxygen atoms in total. The number of imidazole rings is 1.